The number of hydrogen-bond donors (Lipinski definition) is 1. The second-order valence-corrected chi connectivity index (χ2v) is 4.08. The molecule has 5 nitrogen and oxygen atoms in total. The van der Waals surface area contributed by atoms with Gasteiger partial charge < -0.3 is 14.6 Å². The first kappa shape index (κ1) is 13.3. The maximum Gasteiger partial charge on any atom is 0.286 e. The Labute approximate surface area is 101 Å². The van der Waals surface area contributed by atoms with Crippen LogP contribution in [-0.2, 0) is 4.79 Å². The van der Waals surface area contributed by atoms with Crippen molar-refractivity contribution < 1.29 is 14.0 Å². The van der Waals surface area contributed by atoms with Gasteiger partial charge in [0.15, 0.2) is 5.76 Å². The standard InChI is InChI=1S/C12H18N2O3/c1-9(2)14(3)11(15)6-7-13-12(16)10-5-4-8-17-10/h4-5,8-9H,6-7H2,1-3H3,(H,13,16). The van der Waals surface area contributed by atoms with Crippen LogP contribution in [0.25, 0.3) is 0 Å². The largest absolute Gasteiger partial charge is 0.459 e. The lowest BCUT2D eigenvalue weighted by Gasteiger charge is -2.21. The molecule has 0 radical (unpaired) electrons. The van der Waals surface area contributed by atoms with E-state index in [2.05, 4.69) is 5.32 Å². The van der Waals surface area contributed by atoms with E-state index in [1.807, 2.05) is 13.8 Å². The van der Waals surface area contributed by atoms with Crippen LogP contribution in [0.4, 0.5) is 0 Å². The number of amides is 2. The molecule has 1 aromatic heterocycles. The SMILES string of the molecule is CC(C)N(C)C(=O)CCNC(=O)c1ccco1. The third kappa shape index (κ3) is 3.94. The Morgan fingerprint density at radius 3 is 2.71 bits per heavy atom. The summed E-state index contributed by atoms with van der Waals surface area (Å²) in [6.07, 6.45) is 1.73. The van der Waals surface area contributed by atoms with E-state index in [4.69, 9.17) is 4.42 Å². The normalized spacial score (nSPS) is 10.4. The number of hydrogen-bond acceptors (Lipinski definition) is 3. The minimum absolute atomic E-state index is 0.0137. The first-order valence-electron chi connectivity index (χ1n) is 5.59. The number of rotatable bonds is 5. The second kappa shape index (κ2) is 6.08. The highest BCUT2D eigenvalue weighted by Crippen LogP contribution is 2.00. The van der Waals surface area contributed by atoms with Gasteiger partial charge in [0.25, 0.3) is 5.91 Å². The molecule has 1 aromatic rings. The van der Waals surface area contributed by atoms with Gasteiger partial charge in [0.05, 0.1) is 6.26 Å². The van der Waals surface area contributed by atoms with Gasteiger partial charge in [-0.1, -0.05) is 0 Å². The van der Waals surface area contributed by atoms with Gasteiger partial charge in [-0.25, -0.2) is 0 Å². The minimum atomic E-state index is -0.296. The van der Waals surface area contributed by atoms with E-state index in [1.165, 1.54) is 6.26 Å². The molecule has 0 spiro atoms. The molecule has 1 rings (SSSR count). The van der Waals surface area contributed by atoms with Crippen molar-refractivity contribution in [1.82, 2.24) is 10.2 Å². The van der Waals surface area contributed by atoms with E-state index in [-0.39, 0.29) is 23.6 Å². The summed E-state index contributed by atoms with van der Waals surface area (Å²) in [6, 6.07) is 3.40. The summed E-state index contributed by atoms with van der Waals surface area (Å²) < 4.78 is 4.93. The van der Waals surface area contributed by atoms with Crippen molar-refractivity contribution in [3.05, 3.63) is 24.2 Å². The highest BCUT2D eigenvalue weighted by Gasteiger charge is 2.13. The van der Waals surface area contributed by atoms with E-state index < -0.39 is 0 Å². The molecule has 0 aliphatic rings. The lowest BCUT2D eigenvalue weighted by molar-refractivity contribution is -0.131. The first-order chi connectivity index (χ1) is 8.02. The fraction of sp³-hybridized carbons (Fsp3) is 0.500. The molecule has 0 atom stereocenters. The van der Waals surface area contributed by atoms with Crippen LogP contribution in [0.2, 0.25) is 0 Å². The zero-order chi connectivity index (χ0) is 12.8. The van der Waals surface area contributed by atoms with Crippen molar-refractivity contribution in [2.24, 2.45) is 0 Å². The summed E-state index contributed by atoms with van der Waals surface area (Å²) >= 11 is 0. The number of furan rings is 1. The molecule has 1 N–H and O–H groups in total. The fourth-order valence-electron chi connectivity index (χ4n) is 1.24. The van der Waals surface area contributed by atoms with Crippen molar-refractivity contribution in [2.45, 2.75) is 26.3 Å². The molecule has 5 heteroatoms. The monoisotopic (exact) mass is 238 g/mol. The Morgan fingerprint density at radius 2 is 2.18 bits per heavy atom. The minimum Gasteiger partial charge on any atom is -0.459 e. The van der Waals surface area contributed by atoms with Crippen LogP contribution in [0.1, 0.15) is 30.8 Å². The topological polar surface area (TPSA) is 62.6 Å². The van der Waals surface area contributed by atoms with Crippen LogP contribution in [0.5, 0.6) is 0 Å². The Balaban J connectivity index is 2.29. The molecule has 0 fully saturated rings. The van der Waals surface area contributed by atoms with E-state index in [1.54, 1.807) is 24.1 Å². The third-order valence-corrected chi connectivity index (χ3v) is 2.54. The van der Waals surface area contributed by atoms with Gasteiger partial charge in [-0.3, -0.25) is 9.59 Å². The first-order valence-corrected chi connectivity index (χ1v) is 5.59. The van der Waals surface area contributed by atoms with Crippen molar-refractivity contribution in [3.63, 3.8) is 0 Å². The molecule has 0 aliphatic heterocycles. The number of carbonyl (C=O) groups excluding carboxylic acids is 2. The van der Waals surface area contributed by atoms with Gasteiger partial charge in [-0.15, -0.1) is 0 Å². The van der Waals surface area contributed by atoms with Crippen molar-refractivity contribution >= 4 is 11.8 Å². The Kier molecular flexibility index (Phi) is 4.75. The van der Waals surface area contributed by atoms with Crippen LogP contribution < -0.4 is 5.32 Å². The summed E-state index contributed by atoms with van der Waals surface area (Å²) in [5, 5.41) is 2.63. The average molecular weight is 238 g/mol. The van der Waals surface area contributed by atoms with Gasteiger partial charge in [0.1, 0.15) is 0 Å². The molecule has 0 bridgehead atoms. The zero-order valence-corrected chi connectivity index (χ0v) is 10.4. The second-order valence-electron chi connectivity index (χ2n) is 4.08. The lowest BCUT2D eigenvalue weighted by Crippen LogP contribution is -2.35. The van der Waals surface area contributed by atoms with E-state index >= 15 is 0 Å². The molecule has 0 saturated heterocycles. The smallest absolute Gasteiger partial charge is 0.286 e. The average Bonchev–Trinajstić information content (AvgIpc) is 2.80. The quantitative estimate of drug-likeness (QED) is 0.840. The van der Waals surface area contributed by atoms with Gasteiger partial charge in [0, 0.05) is 26.1 Å². The number of carbonyl (C=O) groups is 2. The molecule has 17 heavy (non-hydrogen) atoms. The van der Waals surface area contributed by atoms with Crippen LogP contribution in [-0.4, -0.2) is 36.3 Å². The van der Waals surface area contributed by atoms with Crippen molar-refractivity contribution in [2.75, 3.05) is 13.6 Å². The van der Waals surface area contributed by atoms with E-state index in [0.717, 1.165) is 0 Å². The molecule has 0 unspecified atom stereocenters. The third-order valence-electron chi connectivity index (χ3n) is 2.54. The zero-order valence-electron chi connectivity index (χ0n) is 10.4. The van der Waals surface area contributed by atoms with E-state index in [9.17, 15) is 9.59 Å². The molecule has 94 valence electrons. The molecule has 0 aromatic carbocycles. The summed E-state index contributed by atoms with van der Waals surface area (Å²) in [6.45, 7) is 4.20. The Bertz CT molecular complexity index is 371. The van der Waals surface area contributed by atoms with Crippen molar-refractivity contribution in [1.29, 1.82) is 0 Å². The fourth-order valence-corrected chi connectivity index (χ4v) is 1.24. The summed E-state index contributed by atoms with van der Waals surface area (Å²) in [5.74, 6) is -0.0237. The molecule has 1 heterocycles. The maximum atomic E-state index is 11.6. The molecule has 0 aliphatic carbocycles. The highest BCUT2D eigenvalue weighted by atomic mass is 16.3. The van der Waals surface area contributed by atoms with Crippen LogP contribution in [0.3, 0.4) is 0 Å². The predicted octanol–water partition coefficient (Wildman–Crippen LogP) is 1.27. The Morgan fingerprint density at radius 1 is 1.47 bits per heavy atom. The predicted molar refractivity (Wildman–Crippen MR) is 63.6 cm³/mol. The number of nitrogens with one attached hydrogen (secondary N) is 1. The van der Waals surface area contributed by atoms with Crippen LogP contribution >= 0.6 is 0 Å². The van der Waals surface area contributed by atoms with Gasteiger partial charge in [0.2, 0.25) is 5.91 Å². The summed E-state index contributed by atoms with van der Waals surface area (Å²) in [7, 11) is 1.75. The van der Waals surface area contributed by atoms with Crippen molar-refractivity contribution in [3.8, 4) is 0 Å². The lowest BCUT2D eigenvalue weighted by atomic mass is 10.3. The van der Waals surface area contributed by atoms with E-state index in [0.29, 0.717) is 13.0 Å². The molecular weight excluding hydrogens is 220 g/mol. The van der Waals surface area contributed by atoms with Gasteiger partial charge in [-0.05, 0) is 26.0 Å². The van der Waals surface area contributed by atoms with Gasteiger partial charge >= 0.3 is 0 Å². The summed E-state index contributed by atoms with van der Waals surface area (Å²) in [4.78, 5) is 24.7. The van der Waals surface area contributed by atoms with Crippen LogP contribution in [0, 0.1) is 0 Å². The van der Waals surface area contributed by atoms with Gasteiger partial charge in [-0.2, -0.15) is 0 Å². The molecule has 2 amide bonds. The highest BCUT2D eigenvalue weighted by molar-refractivity contribution is 5.91. The number of nitrogens with zero attached hydrogens (tertiary/aromatic N) is 1. The Hall–Kier alpha value is -1.78. The molecular formula is C12H18N2O3. The maximum absolute atomic E-state index is 11.6. The van der Waals surface area contributed by atoms with Crippen LogP contribution in [0.15, 0.2) is 22.8 Å². The summed E-state index contributed by atoms with van der Waals surface area (Å²) in [5.41, 5.74) is 0. The molecule has 0 saturated carbocycles.